The zero-order valence-electron chi connectivity index (χ0n) is 13.7. The normalized spacial score (nSPS) is 9.59. The summed E-state index contributed by atoms with van der Waals surface area (Å²) in [7, 11) is 0. The Morgan fingerprint density at radius 2 is 1.59 bits per heavy atom. The first-order valence-corrected chi connectivity index (χ1v) is 7.59. The van der Waals surface area contributed by atoms with Gasteiger partial charge in [0, 0.05) is 0 Å². The average molecular weight is 306 g/mol. The molecule has 4 nitrogen and oxygen atoms in total. The molecule has 0 aromatic heterocycles. The third-order valence-electron chi connectivity index (χ3n) is 3.22. The molecule has 0 aliphatic carbocycles. The fraction of sp³-hybridized carbons (Fsp3) is 0.444. The fourth-order valence-corrected chi connectivity index (χ4v) is 2.12. The van der Waals surface area contributed by atoms with Gasteiger partial charge in [-0.1, -0.05) is 32.8 Å². The minimum Gasteiger partial charge on any atom is -0.478 e. The Hall–Kier alpha value is -2.10. The first-order chi connectivity index (χ1) is 10.4. The molecule has 0 radical (unpaired) electrons. The molecule has 0 amide bonds. The molecule has 1 aromatic rings. The van der Waals surface area contributed by atoms with Gasteiger partial charge in [0.05, 0.1) is 11.1 Å². The van der Waals surface area contributed by atoms with Crippen molar-refractivity contribution < 1.29 is 19.8 Å². The summed E-state index contributed by atoms with van der Waals surface area (Å²) in [5.74, 6) is -2.17. The number of unbranched alkanes of at least 4 members (excludes halogenated alkanes) is 3. The first kappa shape index (κ1) is 19.9. The van der Waals surface area contributed by atoms with Gasteiger partial charge in [-0.25, -0.2) is 9.59 Å². The number of hydrogen-bond donors (Lipinski definition) is 2. The zero-order valence-corrected chi connectivity index (χ0v) is 13.7. The second kappa shape index (κ2) is 10.6. The molecule has 22 heavy (non-hydrogen) atoms. The third-order valence-corrected chi connectivity index (χ3v) is 3.22. The van der Waals surface area contributed by atoms with Gasteiger partial charge in [-0.3, -0.25) is 0 Å². The summed E-state index contributed by atoms with van der Waals surface area (Å²) in [6.45, 7) is 9.26. The van der Waals surface area contributed by atoms with Crippen molar-refractivity contribution in [3.8, 4) is 0 Å². The minimum absolute atomic E-state index is 0.0786. The number of aryl methyl sites for hydroxylation is 1. The van der Waals surface area contributed by atoms with Gasteiger partial charge in [-0.05, 0) is 49.4 Å². The summed E-state index contributed by atoms with van der Waals surface area (Å²) in [5, 5.41) is 17.9. The summed E-state index contributed by atoms with van der Waals surface area (Å²) in [4.78, 5) is 21.8. The molecule has 0 saturated carbocycles. The van der Waals surface area contributed by atoms with E-state index in [1.165, 1.54) is 37.8 Å². The first-order valence-electron chi connectivity index (χ1n) is 7.59. The van der Waals surface area contributed by atoms with Crippen LogP contribution >= 0.6 is 0 Å². The Kier molecular flexibility index (Phi) is 9.59. The second-order valence-electron chi connectivity index (χ2n) is 5.09. The highest BCUT2D eigenvalue weighted by molar-refractivity contribution is 5.97. The predicted molar refractivity (Wildman–Crippen MR) is 88.8 cm³/mol. The smallest absolute Gasteiger partial charge is 0.335 e. The lowest BCUT2D eigenvalue weighted by Gasteiger charge is -2.09. The van der Waals surface area contributed by atoms with Crippen molar-refractivity contribution in [2.45, 2.75) is 52.9 Å². The van der Waals surface area contributed by atoms with E-state index in [-0.39, 0.29) is 11.1 Å². The summed E-state index contributed by atoms with van der Waals surface area (Å²) in [6, 6.07) is 2.99. The average Bonchev–Trinajstić information content (AvgIpc) is 2.47. The number of benzene rings is 1. The van der Waals surface area contributed by atoms with Crippen LogP contribution in [0.4, 0.5) is 0 Å². The lowest BCUT2D eigenvalue weighted by Crippen LogP contribution is -2.10. The Morgan fingerprint density at radius 1 is 1.09 bits per heavy atom. The number of allylic oxidation sites excluding steroid dienone is 1. The maximum absolute atomic E-state index is 10.9. The molecule has 1 rings (SSSR count). The SMILES string of the molecule is C=CCCCCC.CCc1c(C(=O)O)cc(C)cc1C(=O)O. The van der Waals surface area contributed by atoms with E-state index in [0.29, 0.717) is 17.5 Å². The van der Waals surface area contributed by atoms with Gasteiger partial charge in [0.2, 0.25) is 0 Å². The lowest BCUT2D eigenvalue weighted by molar-refractivity contribution is 0.0695. The molecule has 0 spiro atoms. The van der Waals surface area contributed by atoms with Crippen LogP contribution in [0, 0.1) is 6.92 Å². The van der Waals surface area contributed by atoms with E-state index in [2.05, 4.69) is 13.5 Å². The summed E-state index contributed by atoms with van der Waals surface area (Å²) in [6.07, 6.45) is 7.55. The van der Waals surface area contributed by atoms with Crippen molar-refractivity contribution >= 4 is 11.9 Å². The maximum atomic E-state index is 10.9. The summed E-state index contributed by atoms with van der Waals surface area (Å²) >= 11 is 0. The number of aromatic carboxylic acids is 2. The molecule has 0 bridgehead atoms. The van der Waals surface area contributed by atoms with E-state index in [9.17, 15) is 9.59 Å². The number of carboxylic acid groups (broad SMARTS) is 2. The van der Waals surface area contributed by atoms with Crippen molar-refractivity contribution in [2.24, 2.45) is 0 Å². The Morgan fingerprint density at radius 3 is 1.91 bits per heavy atom. The fourth-order valence-electron chi connectivity index (χ4n) is 2.12. The molecule has 0 heterocycles. The second-order valence-corrected chi connectivity index (χ2v) is 5.09. The Labute approximate surface area is 132 Å². The number of rotatable bonds is 7. The van der Waals surface area contributed by atoms with Crippen LogP contribution in [0.3, 0.4) is 0 Å². The van der Waals surface area contributed by atoms with E-state index in [1.807, 2.05) is 6.08 Å². The van der Waals surface area contributed by atoms with Crippen molar-refractivity contribution in [3.05, 3.63) is 47.0 Å². The van der Waals surface area contributed by atoms with Gasteiger partial charge in [0.1, 0.15) is 0 Å². The van der Waals surface area contributed by atoms with Crippen LogP contribution in [0.1, 0.15) is 71.4 Å². The van der Waals surface area contributed by atoms with Gasteiger partial charge in [0.25, 0.3) is 0 Å². The van der Waals surface area contributed by atoms with Crippen LogP contribution in [0.2, 0.25) is 0 Å². The molecule has 2 N–H and O–H groups in total. The molecule has 1 aromatic carbocycles. The largest absolute Gasteiger partial charge is 0.478 e. The van der Waals surface area contributed by atoms with E-state index in [4.69, 9.17) is 10.2 Å². The molecule has 0 fully saturated rings. The highest BCUT2D eigenvalue weighted by Crippen LogP contribution is 2.18. The highest BCUT2D eigenvalue weighted by Gasteiger charge is 2.17. The van der Waals surface area contributed by atoms with E-state index < -0.39 is 11.9 Å². The number of hydrogen-bond acceptors (Lipinski definition) is 2. The minimum atomic E-state index is -1.09. The van der Waals surface area contributed by atoms with Crippen LogP contribution in [0.15, 0.2) is 24.8 Å². The Bertz CT molecular complexity index is 483. The summed E-state index contributed by atoms with van der Waals surface area (Å²) in [5.41, 5.74) is 1.17. The summed E-state index contributed by atoms with van der Waals surface area (Å²) < 4.78 is 0. The quantitative estimate of drug-likeness (QED) is 0.565. The van der Waals surface area contributed by atoms with Crippen LogP contribution < -0.4 is 0 Å². The molecule has 0 aliphatic heterocycles. The maximum Gasteiger partial charge on any atom is 0.335 e. The van der Waals surface area contributed by atoms with Crippen molar-refractivity contribution in [1.29, 1.82) is 0 Å². The monoisotopic (exact) mass is 306 g/mol. The molecule has 0 atom stereocenters. The van der Waals surface area contributed by atoms with Gasteiger partial charge >= 0.3 is 11.9 Å². The third kappa shape index (κ3) is 6.57. The van der Waals surface area contributed by atoms with Crippen LogP contribution in [-0.2, 0) is 6.42 Å². The number of carboxylic acids is 2. The van der Waals surface area contributed by atoms with Crippen LogP contribution in [0.5, 0.6) is 0 Å². The van der Waals surface area contributed by atoms with Gasteiger partial charge in [0.15, 0.2) is 0 Å². The van der Waals surface area contributed by atoms with Crippen LogP contribution in [-0.4, -0.2) is 22.2 Å². The van der Waals surface area contributed by atoms with Gasteiger partial charge in [-0.2, -0.15) is 0 Å². The van der Waals surface area contributed by atoms with E-state index in [0.717, 1.165) is 0 Å². The highest BCUT2D eigenvalue weighted by atomic mass is 16.4. The molecule has 4 heteroatoms. The van der Waals surface area contributed by atoms with Crippen molar-refractivity contribution in [3.63, 3.8) is 0 Å². The molecule has 0 saturated heterocycles. The van der Waals surface area contributed by atoms with Crippen molar-refractivity contribution in [2.75, 3.05) is 0 Å². The molecular weight excluding hydrogens is 280 g/mol. The molecular formula is C18H26O4. The molecule has 0 unspecified atom stereocenters. The standard InChI is InChI=1S/C11H12O4.C7H14/c1-3-7-8(10(12)13)4-6(2)5-9(7)11(14)15;1-3-5-7-6-4-2/h4-5H,3H2,1-2H3,(H,12,13)(H,14,15);3H,1,4-7H2,2H3. The zero-order chi connectivity index (χ0) is 17.1. The van der Waals surface area contributed by atoms with E-state index >= 15 is 0 Å². The van der Waals surface area contributed by atoms with Gasteiger partial charge in [-0.15, -0.1) is 6.58 Å². The molecule has 0 aliphatic rings. The predicted octanol–water partition coefficient (Wildman–Crippen LogP) is 4.71. The van der Waals surface area contributed by atoms with Gasteiger partial charge < -0.3 is 10.2 Å². The topological polar surface area (TPSA) is 74.6 Å². The van der Waals surface area contributed by atoms with E-state index in [1.54, 1.807) is 13.8 Å². The Balaban J connectivity index is 0.000000534. The molecule has 122 valence electrons. The van der Waals surface area contributed by atoms with Crippen LogP contribution in [0.25, 0.3) is 0 Å². The van der Waals surface area contributed by atoms with Crippen molar-refractivity contribution in [1.82, 2.24) is 0 Å². The lowest BCUT2D eigenvalue weighted by atomic mass is 9.96. The number of carbonyl (C=O) groups is 2.